The summed E-state index contributed by atoms with van der Waals surface area (Å²) in [6.45, 7) is 1.50. The van der Waals surface area contributed by atoms with E-state index in [1.54, 1.807) is 0 Å². The quantitative estimate of drug-likeness (QED) is 0.828. The van der Waals surface area contributed by atoms with Gasteiger partial charge in [0, 0.05) is 11.6 Å². The molecule has 1 saturated heterocycles. The number of fused-ring (bicyclic) bond motifs is 1. The topological polar surface area (TPSA) is 53.1 Å². The number of hydrogen-bond acceptors (Lipinski definition) is 3. The van der Waals surface area contributed by atoms with Crippen LogP contribution in [0.3, 0.4) is 0 Å². The van der Waals surface area contributed by atoms with Crippen LogP contribution in [0.5, 0.6) is 0 Å². The van der Waals surface area contributed by atoms with Gasteiger partial charge < -0.3 is 15.0 Å². The van der Waals surface area contributed by atoms with Gasteiger partial charge in [-0.3, -0.25) is 0 Å². The average molecular weight is 238 g/mol. The fourth-order valence-corrected chi connectivity index (χ4v) is 2.37. The zero-order valence-electron chi connectivity index (χ0n) is 8.69. The number of halogens is 1. The Balaban J connectivity index is 2.18. The normalized spacial score (nSPS) is 20.7. The summed E-state index contributed by atoms with van der Waals surface area (Å²) in [5.41, 5.74) is 7.81. The number of hydrogen-bond donors (Lipinski definition) is 1. The van der Waals surface area contributed by atoms with E-state index in [1.807, 2.05) is 22.8 Å². The van der Waals surface area contributed by atoms with Crippen molar-refractivity contribution in [2.75, 3.05) is 18.9 Å². The molecule has 1 aliphatic rings. The summed E-state index contributed by atoms with van der Waals surface area (Å²) in [6, 6.07) is 5.95. The second-order valence-electron chi connectivity index (χ2n) is 3.99. The predicted octanol–water partition coefficient (Wildman–Crippen LogP) is 2.23. The third-order valence-electron chi connectivity index (χ3n) is 2.95. The van der Waals surface area contributed by atoms with Crippen LogP contribution in [0.25, 0.3) is 11.0 Å². The van der Waals surface area contributed by atoms with Crippen LogP contribution in [0.1, 0.15) is 12.5 Å². The van der Waals surface area contributed by atoms with E-state index in [4.69, 9.17) is 22.1 Å². The first-order valence-electron chi connectivity index (χ1n) is 5.26. The molecule has 0 amide bonds. The minimum atomic E-state index is 0.297. The Morgan fingerprint density at radius 2 is 2.38 bits per heavy atom. The molecule has 0 bridgehead atoms. The summed E-state index contributed by atoms with van der Waals surface area (Å²) in [6.07, 6.45) is 0.984. The molecule has 0 aliphatic carbocycles. The molecular weight excluding hydrogens is 226 g/mol. The largest absolute Gasteiger partial charge is 0.379 e. The summed E-state index contributed by atoms with van der Waals surface area (Å²) < 4.78 is 7.42. The van der Waals surface area contributed by atoms with Crippen molar-refractivity contribution in [2.45, 2.75) is 12.5 Å². The van der Waals surface area contributed by atoms with E-state index in [0.29, 0.717) is 23.6 Å². The van der Waals surface area contributed by atoms with Gasteiger partial charge in [0.2, 0.25) is 5.95 Å². The summed E-state index contributed by atoms with van der Waals surface area (Å²) in [4.78, 5) is 4.32. The Morgan fingerprint density at radius 1 is 1.50 bits per heavy atom. The lowest BCUT2D eigenvalue weighted by molar-refractivity contribution is 0.187. The molecule has 0 saturated carbocycles. The van der Waals surface area contributed by atoms with Crippen molar-refractivity contribution in [3.8, 4) is 0 Å². The molecule has 0 spiro atoms. The number of nitrogens with zero attached hydrogens (tertiary/aromatic N) is 2. The fourth-order valence-electron chi connectivity index (χ4n) is 2.20. The van der Waals surface area contributed by atoms with Gasteiger partial charge in [-0.1, -0.05) is 11.6 Å². The maximum atomic E-state index is 5.94. The average Bonchev–Trinajstić information content (AvgIpc) is 2.83. The molecule has 1 fully saturated rings. The maximum Gasteiger partial charge on any atom is 0.201 e. The number of nitrogen functional groups attached to an aromatic ring is 1. The van der Waals surface area contributed by atoms with Gasteiger partial charge in [-0.05, 0) is 24.6 Å². The Bertz CT molecular complexity index is 531. The smallest absolute Gasteiger partial charge is 0.201 e. The molecule has 2 heterocycles. The van der Waals surface area contributed by atoms with Gasteiger partial charge >= 0.3 is 0 Å². The van der Waals surface area contributed by atoms with Gasteiger partial charge in [0.1, 0.15) is 0 Å². The summed E-state index contributed by atoms with van der Waals surface area (Å²) in [5, 5.41) is 0.680. The highest BCUT2D eigenvalue weighted by Crippen LogP contribution is 2.29. The first-order chi connectivity index (χ1) is 7.75. The monoisotopic (exact) mass is 237 g/mol. The Morgan fingerprint density at radius 3 is 3.12 bits per heavy atom. The van der Waals surface area contributed by atoms with Crippen LogP contribution >= 0.6 is 11.6 Å². The second-order valence-corrected chi connectivity index (χ2v) is 4.43. The lowest BCUT2D eigenvalue weighted by Gasteiger charge is -2.12. The van der Waals surface area contributed by atoms with Gasteiger partial charge in [0.15, 0.2) is 0 Å². The molecule has 4 nitrogen and oxygen atoms in total. The molecule has 2 N–H and O–H groups in total. The van der Waals surface area contributed by atoms with Gasteiger partial charge in [-0.2, -0.15) is 0 Å². The van der Waals surface area contributed by atoms with E-state index < -0.39 is 0 Å². The van der Waals surface area contributed by atoms with Crippen molar-refractivity contribution in [3.63, 3.8) is 0 Å². The number of benzene rings is 1. The standard InChI is InChI=1S/C11H12ClN3O/c12-7-1-2-10-9(5-7)14-11(13)15(10)8-3-4-16-6-8/h1-2,5,8H,3-4,6H2,(H2,13,14). The molecule has 1 aromatic heterocycles. The molecule has 1 atom stereocenters. The SMILES string of the molecule is Nc1nc2cc(Cl)ccc2n1C1CCOC1. The molecule has 16 heavy (non-hydrogen) atoms. The van der Waals surface area contributed by atoms with Gasteiger partial charge in [0.25, 0.3) is 0 Å². The number of anilines is 1. The van der Waals surface area contributed by atoms with E-state index in [2.05, 4.69) is 4.98 Å². The first kappa shape index (κ1) is 9.93. The van der Waals surface area contributed by atoms with Crippen molar-refractivity contribution >= 4 is 28.6 Å². The lowest BCUT2D eigenvalue weighted by atomic mass is 10.2. The van der Waals surface area contributed by atoms with Gasteiger partial charge in [-0.15, -0.1) is 0 Å². The highest BCUT2D eigenvalue weighted by molar-refractivity contribution is 6.31. The minimum absolute atomic E-state index is 0.297. The zero-order chi connectivity index (χ0) is 11.1. The van der Waals surface area contributed by atoms with Crippen LogP contribution < -0.4 is 5.73 Å². The maximum absolute atomic E-state index is 5.94. The van der Waals surface area contributed by atoms with Crippen molar-refractivity contribution < 1.29 is 4.74 Å². The number of rotatable bonds is 1. The fraction of sp³-hybridized carbons (Fsp3) is 0.364. The third kappa shape index (κ3) is 1.45. The molecule has 0 radical (unpaired) electrons. The van der Waals surface area contributed by atoms with Crippen molar-refractivity contribution in [1.82, 2.24) is 9.55 Å². The highest BCUT2D eigenvalue weighted by Gasteiger charge is 2.22. The number of aromatic nitrogens is 2. The summed E-state index contributed by atoms with van der Waals surface area (Å²) >= 11 is 5.93. The van der Waals surface area contributed by atoms with Crippen LogP contribution in [0.4, 0.5) is 5.95 Å². The number of imidazole rings is 1. The third-order valence-corrected chi connectivity index (χ3v) is 3.18. The van der Waals surface area contributed by atoms with Crippen LogP contribution in [0.15, 0.2) is 18.2 Å². The number of nitrogens with two attached hydrogens (primary N) is 1. The number of ether oxygens (including phenoxy) is 1. The lowest BCUT2D eigenvalue weighted by Crippen LogP contribution is -2.11. The summed E-state index contributed by atoms with van der Waals surface area (Å²) in [7, 11) is 0. The molecule has 2 aromatic rings. The molecule has 1 aliphatic heterocycles. The minimum Gasteiger partial charge on any atom is -0.379 e. The van der Waals surface area contributed by atoms with Crippen LogP contribution in [0.2, 0.25) is 5.02 Å². The van der Waals surface area contributed by atoms with Crippen molar-refractivity contribution in [3.05, 3.63) is 23.2 Å². The van der Waals surface area contributed by atoms with Crippen molar-refractivity contribution in [2.24, 2.45) is 0 Å². The van der Waals surface area contributed by atoms with Crippen molar-refractivity contribution in [1.29, 1.82) is 0 Å². The van der Waals surface area contributed by atoms with E-state index in [0.717, 1.165) is 24.1 Å². The zero-order valence-corrected chi connectivity index (χ0v) is 9.44. The van der Waals surface area contributed by atoms with Crippen LogP contribution in [0, 0.1) is 0 Å². The van der Waals surface area contributed by atoms with E-state index in [-0.39, 0.29) is 0 Å². The van der Waals surface area contributed by atoms with Gasteiger partial charge in [0.05, 0.1) is 23.7 Å². The van der Waals surface area contributed by atoms with E-state index >= 15 is 0 Å². The molecule has 3 rings (SSSR count). The Labute approximate surface area is 98.0 Å². The highest BCUT2D eigenvalue weighted by atomic mass is 35.5. The van der Waals surface area contributed by atoms with E-state index in [1.165, 1.54) is 0 Å². The second kappa shape index (κ2) is 3.64. The molecular formula is C11H12ClN3O. The first-order valence-corrected chi connectivity index (χ1v) is 5.64. The van der Waals surface area contributed by atoms with E-state index in [9.17, 15) is 0 Å². The predicted molar refractivity (Wildman–Crippen MR) is 63.6 cm³/mol. The molecule has 1 unspecified atom stereocenters. The molecule has 1 aromatic carbocycles. The Kier molecular flexibility index (Phi) is 2.26. The van der Waals surface area contributed by atoms with Gasteiger partial charge in [-0.25, -0.2) is 4.98 Å². The van der Waals surface area contributed by atoms with Crippen LogP contribution in [-0.2, 0) is 4.74 Å². The molecule has 5 heteroatoms. The molecule has 84 valence electrons. The summed E-state index contributed by atoms with van der Waals surface area (Å²) in [5.74, 6) is 0.535. The Hall–Kier alpha value is -1.26. The van der Waals surface area contributed by atoms with Crippen LogP contribution in [-0.4, -0.2) is 22.8 Å².